The minimum atomic E-state index is 0.299. The summed E-state index contributed by atoms with van der Waals surface area (Å²) in [6, 6.07) is 12.9. The van der Waals surface area contributed by atoms with E-state index in [4.69, 9.17) is 33.1 Å². The van der Waals surface area contributed by atoms with Gasteiger partial charge in [-0.3, -0.25) is 0 Å². The van der Waals surface area contributed by atoms with Gasteiger partial charge in [0.15, 0.2) is 5.11 Å². The molecule has 134 valence electrons. The number of thiocarbonyl (C=S) groups is 1. The highest BCUT2D eigenvalue weighted by atomic mass is 79.9. The first-order chi connectivity index (χ1) is 12.5. The molecule has 1 aromatic heterocycles. The Morgan fingerprint density at radius 2 is 2.15 bits per heavy atom. The van der Waals surface area contributed by atoms with Gasteiger partial charge in [0.05, 0.1) is 18.7 Å². The van der Waals surface area contributed by atoms with Crippen molar-refractivity contribution >= 4 is 50.5 Å². The van der Waals surface area contributed by atoms with Crippen molar-refractivity contribution in [2.24, 2.45) is 0 Å². The minimum absolute atomic E-state index is 0.299. The molecule has 0 bridgehead atoms. The van der Waals surface area contributed by atoms with Crippen molar-refractivity contribution in [1.82, 2.24) is 15.5 Å². The summed E-state index contributed by atoms with van der Waals surface area (Å²) in [7, 11) is 1.61. The fourth-order valence-corrected chi connectivity index (χ4v) is 2.73. The maximum absolute atomic E-state index is 6.06. The first-order valence-electron chi connectivity index (χ1n) is 7.52. The van der Waals surface area contributed by atoms with E-state index in [2.05, 4.69) is 36.7 Å². The molecule has 0 saturated heterocycles. The lowest BCUT2D eigenvalue weighted by molar-refractivity contribution is 0.376. The van der Waals surface area contributed by atoms with Crippen LogP contribution in [0.25, 0.3) is 11.4 Å². The van der Waals surface area contributed by atoms with Gasteiger partial charge in [-0.05, 0) is 58.5 Å². The summed E-state index contributed by atoms with van der Waals surface area (Å²) in [6.07, 6.45) is 0. The third-order valence-corrected chi connectivity index (χ3v) is 4.85. The lowest BCUT2D eigenvalue weighted by atomic mass is 10.2. The third-order valence-electron chi connectivity index (χ3n) is 3.37. The number of aromatic nitrogens is 2. The van der Waals surface area contributed by atoms with Crippen molar-refractivity contribution in [2.75, 3.05) is 12.4 Å². The molecular weight excluding hydrogens is 440 g/mol. The van der Waals surface area contributed by atoms with Crippen molar-refractivity contribution in [3.8, 4) is 17.1 Å². The van der Waals surface area contributed by atoms with Gasteiger partial charge < -0.3 is 19.9 Å². The van der Waals surface area contributed by atoms with Crippen LogP contribution in [0, 0.1) is 0 Å². The summed E-state index contributed by atoms with van der Waals surface area (Å²) in [5.41, 5.74) is 1.59. The number of ether oxygens (including phenoxy) is 1. The second-order valence-corrected chi connectivity index (χ2v) is 6.85. The van der Waals surface area contributed by atoms with Crippen molar-refractivity contribution in [1.29, 1.82) is 0 Å². The Balaban J connectivity index is 1.58. The normalized spacial score (nSPS) is 10.4. The lowest BCUT2D eigenvalue weighted by Crippen LogP contribution is -2.28. The van der Waals surface area contributed by atoms with Crippen LogP contribution in [0.3, 0.4) is 0 Å². The first kappa shape index (κ1) is 18.6. The summed E-state index contributed by atoms with van der Waals surface area (Å²) in [4.78, 5) is 4.35. The molecule has 3 aromatic rings. The van der Waals surface area contributed by atoms with Gasteiger partial charge >= 0.3 is 0 Å². The Morgan fingerprint density at radius 3 is 2.92 bits per heavy atom. The van der Waals surface area contributed by atoms with Gasteiger partial charge in [0, 0.05) is 15.7 Å². The van der Waals surface area contributed by atoms with Gasteiger partial charge in [0.1, 0.15) is 5.75 Å². The number of halogens is 2. The molecule has 0 aliphatic heterocycles. The van der Waals surface area contributed by atoms with Crippen LogP contribution in [0.1, 0.15) is 5.89 Å². The second kappa shape index (κ2) is 8.48. The van der Waals surface area contributed by atoms with Gasteiger partial charge in [-0.25, -0.2) is 0 Å². The number of anilines is 1. The van der Waals surface area contributed by atoms with Crippen molar-refractivity contribution in [3.63, 3.8) is 0 Å². The average Bonchev–Trinajstić information content (AvgIpc) is 3.12. The predicted octanol–water partition coefficient (Wildman–Crippen LogP) is 4.65. The molecule has 0 unspecified atom stereocenters. The van der Waals surface area contributed by atoms with E-state index >= 15 is 0 Å². The molecule has 2 N–H and O–H groups in total. The van der Waals surface area contributed by atoms with E-state index in [0.29, 0.717) is 28.4 Å². The Hall–Kier alpha value is -2.16. The number of methoxy groups -OCH3 is 1. The molecule has 1 heterocycles. The van der Waals surface area contributed by atoms with Gasteiger partial charge in [-0.2, -0.15) is 4.98 Å². The molecule has 0 radical (unpaired) electrons. The molecule has 9 heteroatoms. The number of hydrogen-bond donors (Lipinski definition) is 2. The standard InChI is InChI=1S/C17H14BrClN4O2S/c1-24-12-4-2-3-10(7-12)16-22-15(25-23-16)9-20-17(26)21-11-5-6-13(18)14(19)8-11/h2-8H,9H2,1H3,(H2,20,21,26). The highest BCUT2D eigenvalue weighted by molar-refractivity contribution is 9.10. The quantitative estimate of drug-likeness (QED) is 0.545. The third kappa shape index (κ3) is 4.72. The van der Waals surface area contributed by atoms with Crippen molar-refractivity contribution < 1.29 is 9.26 Å². The fraction of sp³-hybridized carbons (Fsp3) is 0.118. The minimum Gasteiger partial charge on any atom is -0.497 e. The molecule has 0 amide bonds. The van der Waals surface area contributed by atoms with E-state index in [9.17, 15) is 0 Å². The number of rotatable bonds is 5. The molecular formula is C17H14BrClN4O2S. The number of benzene rings is 2. The maximum Gasteiger partial charge on any atom is 0.246 e. The van der Waals surface area contributed by atoms with Crippen LogP contribution in [-0.2, 0) is 6.54 Å². The molecule has 0 fully saturated rings. The topological polar surface area (TPSA) is 72.2 Å². The number of hydrogen-bond acceptors (Lipinski definition) is 5. The molecule has 0 aliphatic rings. The zero-order valence-electron chi connectivity index (χ0n) is 13.6. The monoisotopic (exact) mass is 452 g/mol. The molecule has 0 atom stereocenters. The van der Waals surface area contributed by atoms with Crippen LogP contribution in [0.5, 0.6) is 5.75 Å². The van der Waals surface area contributed by atoms with Crippen LogP contribution in [0.4, 0.5) is 5.69 Å². The summed E-state index contributed by atoms with van der Waals surface area (Å²) in [5.74, 6) is 1.63. The summed E-state index contributed by atoms with van der Waals surface area (Å²) < 4.78 is 11.3. The largest absolute Gasteiger partial charge is 0.497 e. The van der Waals surface area contributed by atoms with Crippen LogP contribution >= 0.6 is 39.7 Å². The summed E-state index contributed by atoms with van der Waals surface area (Å²) in [5, 5.41) is 11.0. The average molecular weight is 454 g/mol. The maximum atomic E-state index is 6.06. The van der Waals surface area contributed by atoms with Gasteiger partial charge in [0.2, 0.25) is 11.7 Å². The molecule has 0 aliphatic carbocycles. The number of nitrogens with zero attached hydrogens (tertiary/aromatic N) is 2. The van der Waals surface area contributed by atoms with Crippen LogP contribution in [-0.4, -0.2) is 22.4 Å². The summed E-state index contributed by atoms with van der Waals surface area (Å²) in [6.45, 7) is 0.299. The molecule has 2 aromatic carbocycles. The Labute approximate surface area is 169 Å². The van der Waals surface area contributed by atoms with E-state index in [-0.39, 0.29) is 0 Å². The van der Waals surface area contributed by atoms with Gasteiger partial charge in [0.25, 0.3) is 0 Å². The molecule has 0 saturated carbocycles. The van der Waals surface area contributed by atoms with E-state index in [1.165, 1.54) is 0 Å². The second-order valence-electron chi connectivity index (χ2n) is 5.18. The summed E-state index contributed by atoms with van der Waals surface area (Å²) >= 11 is 14.7. The van der Waals surface area contributed by atoms with Crippen molar-refractivity contribution in [2.45, 2.75) is 6.54 Å². The van der Waals surface area contributed by atoms with E-state index in [0.717, 1.165) is 21.5 Å². The molecule has 26 heavy (non-hydrogen) atoms. The van der Waals surface area contributed by atoms with Gasteiger partial charge in [-0.15, -0.1) is 0 Å². The van der Waals surface area contributed by atoms with Gasteiger partial charge in [-0.1, -0.05) is 28.9 Å². The zero-order chi connectivity index (χ0) is 18.5. The van der Waals surface area contributed by atoms with Crippen LogP contribution in [0.2, 0.25) is 5.02 Å². The van der Waals surface area contributed by atoms with Crippen molar-refractivity contribution in [3.05, 3.63) is 57.9 Å². The first-order valence-corrected chi connectivity index (χ1v) is 9.10. The Bertz CT molecular complexity index is 935. The van der Waals surface area contributed by atoms with Crippen LogP contribution < -0.4 is 15.4 Å². The Kier molecular flexibility index (Phi) is 6.08. The predicted molar refractivity (Wildman–Crippen MR) is 108 cm³/mol. The SMILES string of the molecule is COc1cccc(-c2noc(CNC(=S)Nc3ccc(Br)c(Cl)c3)n2)c1. The van der Waals surface area contributed by atoms with E-state index in [1.807, 2.05) is 36.4 Å². The molecule has 6 nitrogen and oxygen atoms in total. The zero-order valence-corrected chi connectivity index (χ0v) is 16.8. The number of nitrogens with one attached hydrogen (secondary N) is 2. The lowest BCUT2D eigenvalue weighted by Gasteiger charge is -2.09. The van der Waals surface area contributed by atoms with E-state index in [1.54, 1.807) is 13.2 Å². The van der Waals surface area contributed by atoms with Crippen LogP contribution in [0.15, 0.2) is 51.5 Å². The molecule has 0 spiro atoms. The fourth-order valence-electron chi connectivity index (χ4n) is 2.11. The highest BCUT2D eigenvalue weighted by Crippen LogP contribution is 2.25. The van der Waals surface area contributed by atoms with E-state index < -0.39 is 0 Å². The smallest absolute Gasteiger partial charge is 0.246 e. The Morgan fingerprint density at radius 1 is 1.31 bits per heavy atom. The highest BCUT2D eigenvalue weighted by Gasteiger charge is 2.10. The molecule has 3 rings (SSSR count).